The molecule has 6 nitrogen and oxygen atoms in total. The van der Waals surface area contributed by atoms with Crippen molar-refractivity contribution in [1.29, 1.82) is 0 Å². The summed E-state index contributed by atoms with van der Waals surface area (Å²) in [6.45, 7) is 2.97. The number of hydrogen-bond acceptors (Lipinski definition) is 4. The maximum atomic E-state index is 12.1. The van der Waals surface area contributed by atoms with Gasteiger partial charge >= 0.3 is 0 Å². The minimum absolute atomic E-state index is 0.132. The molecule has 0 aromatic heterocycles. The second-order valence-corrected chi connectivity index (χ2v) is 5.32. The summed E-state index contributed by atoms with van der Waals surface area (Å²) in [6.07, 6.45) is 3.66. The van der Waals surface area contributed by atoms with Gasteiger partial charge in [-0.15, -0.1) is 0 Å². The third kappa shape index (κ3) is 3.53. The van der Waals surface area contributed by atoms with E-state index in [1.54, 1.807) is 0 Å². The van der Waals surface area contributed by atoms with Crippen LogP contribution in [-0.2, 0) is 14.4 Å². The Bertz CT molecular complexity index is 383. The average Bonchev–Trinajstić information content (AvgIpc) is 2.42. The first-order chi connectivity index (χ1) is 9.10. The van der Waals surface area contributed by atoms with Gasteiger partial charge in [0, 0.05) is 6.42 Å². The molecule has 2 fully saturated rings. The number of piperidine rings is 2. The topological polar surface area (TPSA) is 87.3 Å². The molecule has 0 radical (unpaired) electrons. The lowest BCUT2D eigenvalue weighted by Gasteiger charge is -2.30. The van der Waals surface area contributed by atoms with Crippen molar-refractivity contribution in [1.82, 2.24) is 16.0 Å². The summed E-state index contributed by atoms with van der Waals surface area (Å²) in [5.74, 6) is -0.226. The predicted molar refractivity (Wildman–Crippen MR) is 69.1 cm³/mol. The first-order valence-corrected chi connectivity index (χ1v) is 6.97. The highest BCUT2D eigenvalue weighted by molar-refractivity contribution is 6.02. The fraction of sp³-hybridized carbons (Fsp3) is 0.769. The molecule has 19 heavy (non-hydrogen) atoms. The molecule has 2 aliphatic heterocycles. The molecular weight excluding hydrogens is 246 g/mol. The third-order valence-electron chi connectivity index (χ3n) is 3.96. The van der Waals surface area contributed by atoms with Gasteiger partial charge in [-0.05, 0) is 31.7 Å². The van der Waals surface area contributed by atoms with Crippen LogP contribution in [0.5, 0.6) is 0 Å². The summed E-state index contributed by atoms with van der Waals surface area (Å²) < 4.78 is 0. The van der Waals surface area contributed by atoms with Crippen LogP contribution in [-0.4, -0.2) is 36.3 Å². The smallest absolute Gasteiger partial charge is 0.249 e. The first kappa shape index (κ1) is 14.0. The molecule has 6 heteroatoms. The Morgan fingerprint density at radius 2 is 2.16 bits per heavy atom. The van der Waals surface area contributed by atoms with E-state index in [9.17, 15) is 14.4 Å². The number of amides is 3. The molecule has 0 bridgehead atoms. The Hall–Kier alpha value is -1.43. The lowest BCUT2D eigenvalue weighted by Crippen LogP contribution is -2.57. The number of rotatable bonds is 3. The number of carbonyl (C=O) groups excluding carboxylic acids is 3. The van der Waals surface area contributed by atoms with Crippen molar-refractivity contribution in [3.8, 4) is 0 Å². The van der Waals surface area contributed by atoms with Crippen LogP contribution in [0.4, 0.5) is 0 Å². The quantitative estimate of drug-likeness (QED) is 0.612. The van der Waals surface area contributed by atoms with Gasteiger partial charge < -0.3 is 10.6 Å². The van der Waals surface area contributed by atoms with Crippen LogP contribution in [0.25, 0.3) is 0 Å². The molecule has 2 aliphatic rings. The number of nitrogens with one attached hydrogen (secondary N) is 3. The van der Waals surface area contributed by atoms with Gasteiger partial charge in [0.1, 0.15) is 6.04 Å². The van der Waals surface area contributed by atoms with Crippen molar-refractivity contribution in [3.63, 3.8) is 0 Å². The van der Waals surface area contributed by atoms with Gasteiger partial charge in [-0.25, -0.2) is 0 Å². The van der Waals surface area contributed by atoms with E-state index in [0.29, 0.717) is 12.3 Å². The molecule has 3 amide bonds. The minimum atomic E-state index is -0.575. The SMILES string of the molecule is CCC1CCNC(C(=O)NC2CCC(=O)NC2=O)C1. The standard InChI is InChI=1S/C13H21N3O3/c1-2-8-5-6-14-10(7-8)13(19)15-9-3-4-11(17)16-12(9)18/h8-10,14H,2-7H2,1H3,(H,15,19)(H,16,17,18). The summed E-state index contributed by atoms with van der Waals surface area (Å²) >= 11 is 0. The van der Waals surface area contributed by atoms with Gasteiger partial charge in [-0.2, -0.15) is 0 Å². The van der Waals surface area contributed by atoms with Gasteiger partial charge in [0.2, 0.25) is 17.7 Å². The minimum Gasteiger partial charge on any atom is -0.343 e. The van der Waals surface area contributed by atoms with Crippen LogP contribution < -0.4 is 16.0 Å². The molecule has 0 spiro atoms. The maximum absolute atomic E-state index is 12.1. The van der Waals surface area contributed by atoms with Crippen molar-refractivity contribution < 1.29 is 14.4 Å². The van der Waals surface area contributed by atoms with Crippen molar-refractivity contribution >= 4 is 17.7 Å². The van der Waals surface area contributed by atoms with Crippen LogP contribution in [0.3, 0.4) is 0 Å². The zero-order chi connectivity index (χ0) is 13.8. The van der Waals surface area contributed by atoms with E-state index in [1.165, 1.54) is 0 Å². The highest BCUT2D eigenvalue weighted by atomic mass is 16.2. The van der Waals surface area contributed by atoms with Crippen LogP contribution in [0.2, 0.25) is 0 Å². The molecule has 0 aromatic rings. The molecule has 3 unspecified atom stereocenters. The molecule has 106 valence electrons. The highest BCUT2D eigenvalue weighted by Gasteiger charge is 2.31. The summed E-state index contributed by atoms with van der Waals surface area (Å²) in [7, 11) is 0. The maximum Gasteiger partial charge on any atom is 0.249 e. The van der Waals surface area contributed by atoms with E-state index in [4.69, 9.17) is 0 Å². The monoisotopic (exact) mass is 267 g/mol. The van der Waals surface area contributed by atoms with Crippen molar-refractivity contribution in [2.45, 2.75) is 51.1 Å². The summed E-state index contributed by atoms with van der Waals surface area (Å²) in [6, 6.07) is -0.793. The Labute approximate surface area is 112 Å². The van der Waals surface area contributed by atoms with Crippen LogP contribution >= 0.6 is 0 Å². The van der Waals surface area contributed by atoms with E-state index in [2.05, 4.69) is 22.9 Å². The summed E-state index contributed by atoms with van der Waals surface area (Å²) in [5, 5.41) is 8.17. The third-order valence-corrected chi connectivity index (χ3v) is 3.96. The van der Waals surface area contributed by atoms with Crippen LogP contribution in [0.15, 0.2) is 0 Å². The van der Waals surface area contributed by atoms with Gasteiger partial charge in [0.15, 0.2) is 0 Å². The normalized spacial score (nSPS) is 31.7. The number of hydrogen-bond donors (Lipinski definition) is 3. The van der Waals surface area contributed by atoms with E-state index in [1.807, 2.05) is 0 Å². The Kier molecular flexibility index (Phi) is 4.52. The highest BCUT2D eigenvalue weighted by Crippen LogP contribution is 2.19. The fourth-order valence-corrected chi connectivity index (χ4v) is 2.67. The van der Waals surface area contributed by atoms with Gasteiger partial charge in [0.25, 0.3) is 0 Å². The Morgan fingerprint density at radius 3 is 2.84 bits per heavy atom. The van der Waals surface area contributed by atoms with Gasteiger partial charge in [0.05, 0.1) is 6.04 Å². The zero-order valence-electron chi connectivity index (χ0n) is 11.2. The molecule has 2 saturated heterocycles. The van der Waals surface area contributed by atoms with E-state index in [-0.39, 0.29) is 24.3 Å². The van der Waals surface area contributed by atoms with E-state index < -0.39 is 11.9 Å². The van der Waals surface area contributed by atoms with Crippen molar-refractivity contribution in [2.24, 2.45) is 5.92 Å². The first-order valence-electron chi connectivity index (χ1n) is 6.97. The van der Waals surface area contributed by atoms with Crippen LogP contribution in [0, 0.1) is 5.92 Å². The van der Waals surface area contributed by atoms with Crippen molar-refractivity contribution in [2.75, 3.05) is 6.54 Å². The molecule has 0 aromatic carbocycles. The van der Waals surface area contributed by atoms with Crippen molar-refractivity contribution in [3.05, 3.63) is 0 Å². The molecular formula is C13H21N3O3. The second kappa shape index (κ2) is 6.14. The van der Waals surface area contributed by atoms with Crippen LogP contribution in [0.1, 0.15) is 39.0 Å². The Morgan fingerprint density at radius 1 is 1.37 bits per heavy atom. The molecule has 2 rings (SSSR count). The molecule has 3 N–H and O–H groups in total. The molecule has 0 saturated carbocycles. The molecule has 0 aliphatic carbocycles. The Balaban J connectivity index is 1.86. The zero-order valence-corrected chi connectivity index (χ0v) is 11.2. The number of imide groups is 1. The average molecular weight is 267 g/mol. The second-order valence-electron chi connectivity index (χ2n) is 5.32. The van der Waals surface area contributed by atoms with Gasteiger partial charge in [-0.3, -0.25) is 19.7 Å². The predicted octanol–water partition coefficient (Wildman–Crippen LogP) is -0.314. The molecule has 2 heterocycles. The lowest BCUT2D eigenvalue weighted by molar-refractivity contribution is -0.137. The van der Waals surface area contributed by atoms with Gasteiger partial charge in [-0.1, -0.05) is 13.3 Å². The van der Waals surface area contributed by atoms with E-state index >= 15 is 0 Å². The number of carbonyl (C=O) groups is 3. The molecule has 3 atom stereocenters. The summed E-state index contributed by atoms with van der Waals surface area (Å²) in [5.41, 5.74) is 0. The summed E-state index contributed by atoms with van der Waals surface area (Å²) in [4.78, 5) is 34.7. The largest absolute Gasteiger partial charge is 0.343 e. The fourth-order valence-electron chi connectivity index (χ4n) is 2.67. The van der Waals surface area contributed by atoms with E-state index in [0.717, 1.165) is 25.8 Å². The lowest BCUT2D eigenvalue weighted by atomic mass is 9.90.